The molecule has 1 aromatic carbocycles. The van der Waals surface area contributed by atoms with Crippen molar-refractivity contribution in [2.45, 2.75) is 0 Å². The van der Waals surface area contributed by atoms with Crippen LogP contribution < -0.4 is 10.6 Å². The Hall–Kier alpha value is -0.840. The Balaban J connectivity index is 2.36. The summed E-state index contributed by atoms with van der Waals surface area (Å²) in [6, 6.07) is 0. The number of carbonyl (C=O) groups excluding carboxylic acids is 1. The maximum atomic E-state index is 14.5. The Labute approximate surface area is 143 Å². The minimum atomic E-state index is -0.764. The number of thioether (sulfide) groups is 1. The van der Waals surface area contributed by atoms with E-state index in [9.17, 15) is 13.6 Å². The van der Waals surface area contributed by atoms with E-state index in [1.165, 1.54) is 0 Å². The molecule has 0 saturated carbocycles. The first-order valence-corrected chi connectivity index (χ1v) is 8.13. The fourth-order valence-corrected chi connectivity index (χ4v) is 3.87. The van der Waals surface area contributed by atoms with Gasteiger partial charge in [-0.1, -0.05) is 12.2 Å². The average molecular weight is 455 g/mol. The molecule has 21 heavy (non-hydrogen) atoms. The maximum absolute atomic E-state index is 14.5. The Bertz CT molecular complexity index is 794. The molecule has 2 heterocycles. The van der Waals surface area contributed by atoms with E-state index in [0.717, 1.165) is 11.8 Å². The van der Waals surface area contributed by atoms with Gasteiger partial charge in [-0.3, -0.25) is 10.2 Å². The van der Waals surface area contributed by atoms with Crippen LogP contribution in [0.4, 0.5) is 13.6 Å². The van der Waals surface area contributed by atoms with Crippen LogP contribution in [0.25, 0.3) is 5.70 Å². The summed E-state index contributed by atoms with van der Waals surface area (Å²) in [5, 5.41) is 12.4. The van der Waals surface area contributed by atoms with Crippen molar-refractivity contribution in [1.82, 2.24) is 10.6 Å². The maximum Gasteiger partial charge on any atom is 0.289 e. The van der Waals surface area contributed by atoms with Gasteiger partial charge in [0.05, 0.1) is 30.7 Å². The lowest BCUT2D eigenvalue weighted by molar-refractivity contribution is 0.265. The fraction of sp³-hybridized carbons (Fsp3) is 0. The number of carbonyl (C=O) groups is 1. The van der Waals surface area contributed by atoms with Crippen LogP contribution >= 0.6 is 55.8 Å². The standard InChI is InChI=1S/C11H3Br2F2N3OS2/c12-3-4(13)6(15)2-1(5(3)14)7(17-9(2)16)8-10(20)18-11(19)21-8/h(H2,16,17)(H,18,19,20). The summed E-state index contributed by atoms with van der Waals surface area (Å²) < 4.78 is 28.5. The van der Waals surface area contributed by atoms with Gasteiger partial charge in [0, 0.05) is 0 Å². The zero-order chi connectivity index (χ0) is 15.5. The van der Waals surface area contributed by atoms with Crippen molar-refractivity contribution in [2.24, 2.45) is 0 Å². The molecule has 0 atom stereocenters. The van der Waals surface area contributed by atoms with Crippen molar-refractivity contribution >= 4 is 77.6 Å². The van der Waals surface area contributed by atoms with Crippen LogP contribution in [-0.4, -0.2) is 16.1 Å². The van der Waals surface area contributed by atoms with Crippen LogP contribution in [0.15, 0.2) is 13.9 Å². The number of nitrogens with one attached hydrogen (secondary N) is 3. The van der Waals surface area contributed by atoms with Crippen LogP contribution in [-0.2, 0) is 0 Å². The first-order valence-electron chi connectivity index (χ1n) is 5.32. The van der Waals surface area contributed by atoms with Gasteiger partial charge >= 0.3 is 0 Å². The third kappa shape index (κ3) is 2.16. The summed E-state index contributed by atoms with van der Waals surface area (Å²) in [6.07, 6.45) is 0. The molecular weight excluding hydrogens is 452 g/mol. The lowest BCUT2D eigenvalue weighted by Crippen LogP contribution is -2.19. The van der Waals surface area contributed by atoms with Crippen molar-refractivity contribution in [3.63, 3.8) is 0 Å². The molecule has 4 nitrogen and oxygen atoms in total. The van der Waals surface area contributed by atoms with Crippen molar-refractivity contribution in [1.29, 1.82) is 5.41 Å². The second kappa shape index (κ2) is 5.11. The van der Waals surface area contributed by atoms with Crippen molar-refractivity contribution in [2.75, 3.05) is 0 Å². The predicted molar refractivity (Wildman–Crippen MR) is 87.4 cm³/mol. The Morgan fingerprint density at radius 2 is 1.67 bits per heavy atom. The molecule has 2 aliphatic rings. The highest BCUT2D eigenvalue weighted by Gasteiger charge is 2.37. The quantitative estimate of drug-likeness (QED) is 0.241. The minimum Gasteiger partial charge on any atom is -0.338 e. The molecular formula is C11H3Br2F2N3OS2. The molecule has 1 saturated heterocycles. The van der Waals surface area contributed by atoms with Gasteiger partial charge in [0.15, 0.2) is 0 Å². The molecule has 0 bridgehead atoms. The third-order valence-corrected chi connectivity index (χ3v) is 6.22. The van der Waals surface area contributed by atoms with Gasteiger partial charge in [0.2, 0.25) is 0 Å². The summed E-state index contributed by atoms with van der Waals surface area (Å²) in [7, 11) is 0. The van der Waals surface area contributed by atoms with Gasteiger partial charge in [-0.15, -0.1) is 0 Å². The van der Waals surface area contributed by atoms with Crippen LogP contribution in [0.2, 0.25) is 0 Å². The summed E-state index contributed by atoms with van der Waals surface area (Å²) in [5.74, 6) is -1.79. The van der Waals surface area contributed by atoms with Crippen LogP contribution in [0.5, 0.6) is 0 Å². The van der Waals surface area contributed by atoms with E-state index in [0.29, 0.717) is 0 Å². The second-order valence-electron chi connectivity index (χ2n) is 4.05. The third-order valence-electron chi connectivity index (χ3n) is 2.86. The molecule has 1 aromatic rings. The fourth-order valence-electron chi connectivity index (χ4n) is 2.00. The number of benzene rings is 1. The van der Waals surface area contributed by atoms with E-state index in [-0.39, 0.29) is 41.5 Å². The van der Waals surface area contributed by atoms with Gasteiger partial charge in [0.25, 0.3) is 5.24 Å². The van der Waals surface area contributed by atoms with Gasteiger partial charge in [-0.05, 0) is 43.6 Å². The SMILES string of the molecule is N=C1NC(=C2SC(=O)NC2=S)c2c(F)c(Br)c(Br)c(F)c21. The number of hydrogen-bond donors (Lipinski definition) is 3. The van der Waals surface area contributed by atoms with Gasteiger partial charge in [-0.2, -0.15) is 0 Å². The molecule has 1 amide bonds. The van der Waals surface area contributed by atoms with Crippen molar-refractivity contribution in [3.8, 4) is 0 Å². The largest absolute Gasteiger partial charge is 0.338 e. The van der Waals surface area contributed by atoms with E-state index < -0.39 is 16.9 Å². The zero-order valence-corrected chi connectivity index (χ0v) is 14.5. The highest BCUT2D eigenvalue weighted by Crippen LogP contribution is 2.42. The number of amidine groups is 1. The van der Waals surface area contributed by atoms with Gasteiger partial charge in [-0.25, -0.2) is 8.78 Å². The van der Waals surface area contributed by atoms with E-state index in [2.05, 4.69) is 42.5 Å². The van der Waals surface area contributed by atoms with Gasteiger partial charge in [0.1, 0.15) is 22.5 Å². The van der Waals surface area contributed by atoms with E-state index in [4.69, 9.17) is 17.6 Å². The van der Waals surface area contributed by atoms with Crippen LogP contribution in [0.1, 0.15) is 11.1 Å². The molecule has 3 rings (SSSR count). The first-order chi connectivity index (χ1) is 9.82. The lowest BCUT2D eigenvalue weighted by atomic mass is 10.1. The number of rotatable bonds is 0. The van der Waals surface area contributed by atoms with Crippen LogP contribution in [0, 0.1) is 17.0 Å². The Morgan fingerprint density at radius 1 is 1.10 bits per heavy atom. The molecule has 0 radical (unpaired) electrons. The van der Waals surface area contributed by atoms with E-state index in [1.54, 1.807) is 0 Å². The Morgan fingerprint density at radius 3 is 2.19 bits per heavy atom. The topological polar surface area (TPSA) is 65.0 Å². The molecule has 0 spiro atoms. The van der Waals surface area contributed by atoms with E-state index in [1.807, 2.05) is 0 Å². The number of amides is 1. The molecule has 0 aliphatic carbocycles. The number of halogens is 4. The molecule has 10 heteroatoms. The monoisotopic (exact) mass is 453 g/mol. The number of thiocarbonyl (C=S) groups is 1. The molecule has 0 aromatic heterocycles. The Kier molecular flexibility index (Phi) is 3.67. The average Bonchev–Trinajstić information content (AvgIpc) is 2.93. The first kappa shape index (κ1) is 15.1. The molecule has 108 valence electrons. The second-order valence-corrected chi connectivity index (χ2v) is 7.03. The van der Waals surface area contributed by atoms with Gasteiger partial charge < -0.3 is 10.6 Å². The normalized spacial score (nSPS) is 20.7. The summed E-state index contributed by atoms with van der Waals surface area (Å²) in [6.45, 7) is 0. The highest BCUT2D eigenvalue weighted by molar-refractivity contribution is 9.13. The minimum absolute atomic E-state index is 0.0958. The van der Waals surface area contributed by atoms with E-state index >= 15 is 0 Å². The number of hydrogen-bond acceptors (Lipinski definition) is 4. The smallest absolute Gasteiger partial charge is 0.289 e. The molecule has 2 aliphatic heterocycles. The molecule has 1 fully saturated rings. The predicted octanol–water partition coefficient (Wildman–Crippen LogP) is 3.87. The zero-order valence-electron chi connectivity index (χ0n) is 9.74. The molecule has 3 N–H and O–H groups in total. The highest BCUT2D eigenvalue weighted by atomic mass is 79.9. The number of fused-ring (bicyclic) bond motifs is 1. The van der Waals surface area contributed by atoms with Crippen molar-refractivity contribution in [3.05, 3.63) is 36.6 Å². The van der Waals surface area contributed by atoms with Crippen LogP contribution in [0.3, 0.4) is 0 Å². The summed E-state index contributed by atoms with van der Waals surface area (Å²) in [4.78, 5) is 11.7. The molecule has 0 unspecified atom stereocenters. The summed E-state index contributed by atoms with van der Waals surface area (Å²) >= 11 is 11.7. The summed E-state index contributed by atoms with van der Waals surface area (Å²) in [5.41, 5.74) is -0.199. The lowest BCUT2D eigenvalue weighted by Gasteiger charge is -2.08. The van der Waals surface area contributed by atoms with Crippen molar-refractivity contribution < 1.29 is 13.6 Å².